The fourth-order valence-electron chi connectivity index (χ4n) is 2.42. The molecule has 0 aromatic carbocycles. The van der Waals surface area contributed by atoms with Crippen molar-refractivity contribution >= 4 is 11.9 Å². The topological polar surface area (TPSA) is 53.9 Å². The summed E-state index contributed by atoms with van der Waals surface area (Å²) in [6.45, 7) is 6.52. The van der Waals surface area contributed by atoms with Gasteiger partial charge in [0.1, 0.15) is 5.82 Å². The van der Waals surface area contributed by atoms with E-state index in [0.717, 1.165) is 23.6 Å². The molecule has 1 aromatic rings. The predicted molar refractivity (Wildman–Crippen MR) is 78.7 cm³/mol. The molecule has 1 aliphatic carbocycles. The van der Waals surface area contributed by atoms with E-state index in [0.29, 0.717) is 12.0 Å². The first-order chi connectivity index (χ1) is 8.95. The van der Waals surface area contributed by atoms with E-state index < -0.39 is 0 Å². The summed E-state index contributed by atoms with van der Waals surface area (Å²) >= 11 is 0. The zero-order valence-electron chi connectivity index (χ0n) is 12.6. The highest BCUT2D eigenvalue weighted by Crippen LogP contribution is 2.27. The second-order valence-corrected chi connectivity index (χ2v) is 6.13. The summed E-state index contributed by atoms with van der Waals surface area (Å²) in [5.41, 5.74) is 0. The van der Waals surface area contributed by atoms with E-state index in [1.165, 1.54) is 19.3 Å². The van der Waals surface area contributed by atoms with Crippen molar-refractivity contribution in [3.8, 4) is 0 Å². The maximum atomic E-state index is 4.54. The van der Waals surface area contributed by atoms with Gasteiger partial charge in [-0.2, -0.15) is 15.0 Å². The minimum atomic E-state index is 0.310. The van der Waals surface area contributed by atoms with Gasteiger partial charge < -0.3 is 10.2 Å². The van der Waals surface area contributed by atoms with Crippen molar-refractivity contribution in [2.24, 2.45) is 5.92 Å². The molecular weight excluding hydrogens is 238 g/mol. The van der Waals surface area contributed by atoms with E-state index in [2.05, 4.69) is 41.0 Å². The van der Waals surface area contributed by atoms with Gasteiger partial charge in [-0.15, -0.1) is 0 Å². The zero-order valence-corrected chi connectivity index (χ0v) is 12.6. The minimum Gasteiger partial charge on any atom is -0.351 e. The van der Waals surface area contributed by atoms with Crippen LogP contribution in [0.3, 0.4) is 0 Å². The molecule has 0 spiro atoms. The number of aromatic nitrogens is 3. The van der Waals surface area contributed by atoms with Gasteiger partial charge in [0.25, 0.3) is 0 Å². The average molecular weight is 263 g/mol. The van der Waals surface area contributed by atoms with Crippen LogP contribution in [0.5, 0.6) is 0 Å². The van der Waals surface area contributed by atoms with Gasteiger partial charge in [-0.05, 0) is 25.2 Å². The number of rotatable bonds is 4. The van der Waals surface area contributed by atoms with E-state index >= 15 is 0 Å². The molecular formula is C14H25N5. The molecule has 0 radical (unpaired) electrons. The lowest BCUT2D eigenvalue weighted by molar-refractivity contribution is 0.601. The molecule has 0 aliphatic heterocycles. The normalized spacial score (nSPS) is 22.8. The number of hydrogen-bond donors (Lipinski definition) is 1. The average Bonchev–Trinajstić information content (AvgIpc) is 2.74. The zero-order chi connectivity index (χ0) is 14.0. The molecule has 1 fully saturated rings. The van der Waals surface area contributed by atoms with Crippen LogP contribution in [0.25, 0.3) is 0 Å². The second-order valence-electron chi connectivity index (χ2n) is 6.13. The fourth-order valence-corrected chi connectivity index (χ4v) is 2.42. The van der Waals surface area contributed by atoms with Crippen molar-refractivity contribution in [1.82, 2.24) is 15.0 Å². The molecule has 1 aromatic heterocycles. The molecule has 19 heavy (non-hydrogen) atoms. The van der Waals surface area contributed by atoms with E-state index in [1.54, 1.807) is 0 Å². The molecule has 1 aliphatic rings. The summed E-state index contributed by atoms with van der Waals surface area (Å²) in [4.78, 5) is 15.5. The van der Waals surface area contributed by atoms with E-state index in [1.807, 2.05) is 19.0 Å². The lowest BCUT2D eigenvalue weighted by atomic mass is 10.1. The Labute approximate surface area is 115 Å². The SMILES string of the molecule is CC1CCC(Nc2nc(C(C)C)nc(N(C)C)n2)C1. The lowest BCUT2D eigenvalue weighted by Crippen LogP contribution is -2.21. The largest absolute Gasteiger partial charge is 0.351 e. The molecule has 1 heterocycles. The summed E-state index contributed by atoms with van der Waals surface area (Å²) in [6, 6.07) is 0.507. The molecule has 0 bridgehead atoms. The van der Waals surface area contributed by atoms with Crippen molar-refractivity contribution in [2.75, 3.05) is 24.3 Å². The van der Waals surface area contributed by atoms with Gasteiger partial charge in [-0.25, -0.2) is 0 Å². The molecule has 2 rings (SSSR count). The Hall–Kier alpha value is -1.39. The molecule has 5 heteroatoms. The molecule has 1 saturated carbocycles. The first kappa shape index (κ1) is 14.0. The lowest BCUT2D eigenvalue weighted by Gasteiger charge is -2.17. The summed E-state index contributed by atoms with van der Waals surface area (Å²) in [7, 11) is 3.92. The molecule has 0 amide bonds. The Morgan fingerprint density at radius 3 is 2.42 bits per heavy atom. The van der Waals surface area contributed by atoms with Crippen molar-refractivity contribution in [1.29, 1.82) is 0 Å². The number of nitrogens with one attached hydrogen (secondary N) is 1. The molecule has 2 atom stereocenters. The van der Waals surface area contributed by atoms with Crippen LogP contribution in [0.2, 0.25) is 0 Å². The van der Waals surface area contributed by atoms with Gasteiger partial charge >= 0.3 is 0 Å². The molecule has 2 unspecified atom stereocenters. The van der Waals surface area contributed by atoms with Crippen LogP contribution in [0.4, 0.5) is 11.9 Å². The van der Waals surface area contributed by atoms with Gasteiger partial charge in [-0.3, -0.25) is 0 Å². The van der Waals surface area contributed by atoms with Gasteiger partial charge in [-0.1, -0.05) is 20.8 Å². The molecule has 106 valence electrons. The van der Waals surface area contributed by atoms with Crippen LogP contribution in [-0.4, -0.2) is 35.1 Å². The van der Waals surface area contributed by atoms with Crippen LogP contribution < -0.4 is 10.2 Å². The third-order valence-electron chi connectivity index (χ3n) is 3.59. The quantitative estimate of drug-likeness (QED) is 0.905. The third-order valence-corrected chi connectivity index (χ3v) is 3.59. The van der Waals surface area contributed by atoms with Crippen LogP contribution in [-0.2, 0) is 0 Å². The first-order valence-electron chi connectivity index (χ1n) is 7.15. The summed E-state index contributed by atoms with van der Waals surface area (Å²) in [6.07, 6.45) is 3.71. The summed E-state index contributed by atoms with van der Waals surface area (Å²) < 4.78 is 0. The van der Waals surface area contributed by atoms with Gasteiger partial charge in [0.05, 0.1) is 0 Å². The Kier molecular flexibility index (Phi) is 4.22. The number of anilines is 2. The van der Waals surface area contributed by atoms with E-state index in [9.17, 15) is 0 Å². The van der Waals surface area contributed by atoms with E-state index in [4.69, 9.17) is 0 Å². The van der Waals surface area contributed by atoms with Crippen molar-refractivity contribution < 1.29 is 0 Å². The number of nitrogens with zero attached hydrogens (tertiary/aromatic N) is 4. The van der Waals surface area contributed by atoms with Crippen LogP contribution >= 0.6 is 0 Å². The van der Waals surface area contributed by atoms with Gasteiger partial charge in [0.2, 0.25) is 11.9 Å². The third kappa shape index (κ3) is 3.55. The van der Waals surface area contributed by atoms with Crippen molar-refractivity contribution in [2.45, 2.75) is 52.0 Å². The standard InChI is InChI=1S/C14H25N5/c1-9(2)12-16-13(18-14(17-12)19(4)5)15-11-7-6-10(3)8-11/h9-11H,6-8H2,1-5H3,(H,15,16,17,18). The van der Waals surface area contributed by atoms with Gasteiger partial charge in [0.15, 0.2) is 0 Å². The van der Waals surface area contributed by atoms with Gasteiger partial charge in [0, 0.05) is 26.1 Å². The predicted octanol–water partition coefficient (Wildman–Crippen LogP) is 2.66. The highest BCUT2D eigenvalue weighted by Gasteiger charge is 2.22. The maximum Gasteiger partial charge on any atom is 0.229 e. The smallest absolute Gasteiger partial charge is 0.229 e. The Balaban J connectivity index is 2.19. The van der Waals surface area contributed by atoms with Crippen LogP contribution in [0, 0.1) is 5.92 Å². The van der Waals surface area contributed by atoms with Crippen LogP contribution in [0.1, 0.15) is 51.8 Å². The maximum absolute atomic E-state index is 4.54. The Morgan fingerprint density at radius 2 is 1.89 bits per heavy atom. The first-order valence-corrected chi connectivity index (χ1v) is 7.15. The Bertz CT molecular complexity index is 404. The molecule has 5 nitrogen and oxygen atoms in total. The summed E-state index contributed by atoms with van der Waals surface area (Å²) in [5.74, 6) is 3.42. The summed E-state index contributed by atoms with van der Waals surface area (Å²) in [5, 5.41) is 3.47. The minimum absolute atomic E-state index is 0.310. The second kappa shape index (κ2) is 5.72. The Morgan fingerprint density at radius 1 is 1.16 bits per heavy atom. The number of hydrogen-bond acceptors (Lipinski definition) is 5. The monoisotopic (exact) mass is 263 g/mol. The molecule has 0 saturated heterocycles. The van der Waals surface area contributed by atoms with Crippen LogP contribution in [0.15, 0.2) is 0 Å². The molecule has 1 N–H and O–H groups in total. The highest BCUT2D eigenvalue weighted by molar-refractivity contribution is 5.37. The van der Waals surface area contributed by atoms with Crippen molar-refractivity contribution in [3.63, 3.8) is 0 Å². The fraction of sp³-hybridized carbons (Fsp3) is 0.786. The van der Waals surface area contributed by atoms with Crippen molar-refractivity contribution in [3.05, 3.63) is 5.82 Å². The highest BCUT2D eigenvalue weighted by atomic mass is 15.3. The van der Waals surface area contributed by atoms with E-state index in [-0.39, 0.29) is 0 Å².